The summed E-state index contributed by atoms with van der Waals surface area (Å²) in [6, 6.07) is -1.01. The first-order valence-corrected chi connectivity index (χ1v) is 27.9. The number of carbonyl (C=O) groups excluding carboxylic acids is 1. The zero-order chi connectivity index (χ0) is 45.9. The Kier molecular flexibility index (Phi) is 50.3. The highest BCUT2D eigenvalue weighted by atomic mass is 16.3. The number of hydrogen-bond donors (Lipinski definition) is 5. The van der Waals surface area contributed by atoms with E-state index in [2.05, 4.69) is 55.6 Å². The number of aliphatic hydroxyl groups excluding tert-OH is 4. The Morgan fingerprint density at radius 2 is 0.667 bits per heavy atom. The molecule has 0 saturated carbocycles. The number of carbonyl (C=O) groups is 1. The lowest BCUT2D eigenvalue weighted by atomic mass is 10.00. The van der Waals surface area contributed by atoms with Gasteiger partial charge in [0.15, 0.2) is 0 Å². The van der Waals surface area contributed by atoms with Gasteiger partial charge in [-0.15, -0.1) is 0 Å². The highest BCUT2D eigenvalue weighted by Gasteiger charge is 2.28. The van der Waals surface area contributed by atoms with Crippen LogP contribution in [0.25, 0.3) is 0 Å². The van der Waals surface area contributed by atoms with Crippen LogP contribution in [0.3, 0.4) is 0 Å². The summed E-state index contributed by atoms with van der Waals surface area (Å²) in [7, 11) is 0. The van der Waals surface area contributed by atoms with E-state index in [1.807, 2.05) is 0 Å². The zero-order valence-electron chi connectivity index (χ0n) is 42.1. The van der Waals surface area contributed by atoms with E-state index in [1.165, 1.54) is 205 Å². The molecule has 0 aliphatic carbocycles. The zero-order valence-corrected chi connectivity index (χ0v) is 42.1. The molecule has 0 aliphatic heterocycles. The standard InChI is InChI=1S/C57H109NO5/c1-3-5-7-9-11-13-15-17-19-21-23-25-26-27-28-29-31-33-35-37-39-41-43-45-47-49-51-55(61)57(63)58-53(52-59)56(62)54(60)50-48-46-44-42-40-38-36-34-32-30-24-22-20-18-16-14-12-10-8-6-4-2/h22,24,34,36,42,44,53-56,59-62H,3-21,23,25-33,35,37-41,43,45-52H2,1-2H3,(H,58,63)/b24-22+,36-34+,44-42+. The minimum atomic E-state index is -1.29. The third-order valence-electron chi connectivity index (χ3n) is 13.1. The van der Waals surface area contributed by atoms with Crippen molar-refractivity contribution in [1.29, 1.82) is 0 Å². The fraction of sp³-hybridized carbons (Fsp3) is 0.877. The van der Waals surface area contributed by atoms with Gasteiger partial charge in [-0.2, -0.15) is 0 Å². The van der Waals surface area contributed by atoms with E-state index in [-0.39, 0.29) is 0 Å². The second kappa shape index (κ2) is 51.5. The first-order valence-electron chi connectivity index (χ1n) is 27.9. The number of unbranched alkanes of at least 4 members (excludes halogenated alkanes) is 36. The van der Waals surface area contributed by atoms with Crippen molar-refractivity contribution in [1.82, 2.24) is 5.32 Å². The quantitative estimate of drug-likeness (QED) is 0.0309. The minimum Gasteiger partial charge on any atom is -0.394 e. The van der Waals surface area contributed by atoms with Crippen LogP contribution in [0.1, 0.15) is 290 Å². The Hall–Kier alpha value is -1.47. The summed E-state index contributed by atoms with van der Waals surface area (Å²) in [5.41, 5.74) is 0. The summed E-state index contributed by atoms with van der Waals surface area (Å²) in [5.74, 6) is -0.595. The maximum atomic E-state index is 12.6. The van der Waals surface area contributed by atoms with Gasteiger partial charge in [0.1, 0.15) is 12.2 Å². The first-order chi connectivity index (χ1) is 31.0. The topological polar surface area (TPSA) is 110 Å². The monoisotopic (exact) mass is 888 g/mol. The van der Waals surface area contributed by atoms with Gasteiger partial charge in [-0.1, -0.05) is 262 Å². The predicted molar refractivity (Wildman–Crippen MR) is 274 cm³/mol. The Balaban J connectivity index is 3.68. The molecule has 372 valence electrons. The van der Waals surface area contributed by atoms with E-state index in [1.54, 1.807) is 0 Å². The Morgan fingerprint density at radius 3 is 1.00 bits per heavy atom. The molecule has 1 amide bonds. The van der Waals surface area contributed by atoms with Gasteiger partial charge in [-0.3, -0.25) is 4.79 Å². The smallest absolute Gasteiger partial charge is 0.249 e. The summed E-state index contributed by atoms with van der Waals surface area (Å²) in [5, 5.41) is 43.9. The van der Waals surface area contributed by atoms with Gasteiger partial charge in [-0.05, 0) is 64.2 Å². The SMILES string of the molecule is CCCCCCCCCC/C=C/CC/C=C/CC/C=C/CCCC(O)C(O)C(CO)NC(=O)C(O)CCCCCCCCCCCCCCCCCCCCCCCCCCCC. The van der Waals surface area contributed by atoms with E-state index in [0.29, 0.717) is 19.3 Å². The summed E-state index contributed by atoms with van der Waals surface area (Å²) in [4.78, 5) is 12.6. The predicted octanol–water partition coefficient (Wildman–Crippen LogP) is 16.0. The number of nitrogens with one attached hydrogen (secondary N) is 1. The van der Waals surface area contributed by atoms with E-state index in [9.17, 15) is 25.2 Å². The summed E-state index contributed by atoms with van der Waals surface area (Å²) < 4.78 is 0. The van der Waals surface area contributed by atoms with Crippen LogP contribution in [-0.4, -0.2) is 57.3 Å². The molecule has 0 bridgehead atoms. The van der Waals surface area contributed by atoms with Crippen LogP contribution in [-0.2, 0) is 4.79 Å². The Morgan fingerprint density at radius 1 is 0.381 bits per heavy atom. The van der Waals surface area contributed by atoms with Gasteiger partial charge in [0.2, 0.25) is 5.91 Å². The molecule has 6 nitrogen and oxygen atoms in total. The molecule has 0 saturated heterocycles. The van der Waals surface area contributed by atoms with Gasteiger partial charge < -0.3 is 25.7 Å². The van der Waals surface area contributed by atoms with Crippen LogP contribution in [0.5, 0.6) is 0 Å². The largest absolute Gasteiger partial charge is 0.394 e. The third kappa shape index (κ3) is 45.5. The van der Waals surface area contributed by atoms with E-state index >= 15 is 0 Å². The maximum Gasteiger partial charge on any atom is 0.249 e. The lowest BCUT2D eigenvalue weighted by Gasteiger charge is -2.27. The molecule has 4 atom stereocenters. The minimum absolute atomic E-state index is 0.362. The molecule has 0 heterocycles. The van der Waals surface area contributed by atoms with Crippen LogP contribution in [0.2, 0.25) is 0 Å². The highest BCUT2D eigenvalue weighted by molar-refractivity contribution is 5.80. The van der Waals surface area contributed by atoms with Gasteiger partial charge in [0, 0.05) is 0 Å². The van der Waals surface area contributed by atoms with Gasteiger partial charge in [0.25, 0.3) is 0 Å². The molecular weight excluding hydrogens is 779 g/mol. The fourth-order valence-electron chi connectivity index (χ4n) is 8.67. The normalized spacial score (nSPS) is 14.1. The van der Waals surface area contributed by atoms with Crippen molar-refractivity contribution in [3.8, 4) is 0 Å². The summed E-state index contributed by atoms with van der Waals surface area (Å²) >= 11 is 0. The highest BCUT2D eigenvalue weighted by Crippen LogP contribution is 2.17. The molecule has 4 unspecified atom stereocenters. The molecule has 0 spiro atoms. The molecule has 0 aromatic rings. The Bertz CT molecular complexity index is 997. The summed E-state index contributed by atoms with van der Waals surface area (Å²) in [6.45, 7) is 4.06. The number of rotatable bonds is 51. The molecule has 0 aromatic heterocycles. The molecule has 63 heavy (non-hydrogen) atoms. The van der Waals surface area contributed by atoms with E-state index in [0.717, 1.165) is 51.4 Å². The van der Waals surface area contributed by atoms with Gasteiger partial charge in [0.05, 0.1) is 18.8 Å². The molecule has 0 fully saturated rings. The molecule has 0 radical (unpaired) electrons. The van der Waals surface area contributed by atoms with Crippen LogP contribution in [0, 0.1) is 0 Å². The summed E-state index contributed by atoms with van der Waals surface area (Å²) in [6.07, 6.45) is 63.5. The van der Waals surface area contributed by atoms with Crippen molar-refractivity contribution in [2.45, 2.75) is 314 Å². The average molecular weight is 889 g/mol. The van der Waals surface area contributed by atoms with E-state index in [4.69, 9.17) is 0 Å². The lowest BCUT2D eigenvalue weighted by molar-refractivity contribution is -0.132. The van der Waals surface area contributed by atoms with E-state index < -0.39 is 36.9 Å². The molecular formula is C57H109NO5. The van der Waals surface area contributed by atoms with Gasteiger partial charge in [-0.25, -0.2) is 0 Å². The molecule has 6 heteroatoms. The third-order valence-corrected chi connectivity index (χ3v) is 13.1. The van der Waals surface area contributed by atoms with Crippen LogP contribution < -0.4 is 5.32 Å². The first kappa shape index (κ1) is 61.5. The molecule has 0 rings (SSSR count). The average Bonchev–Trinajstić information content (AvgIpc) is 3.29. The number of hydrogen-bond acceptors (Lipinski definition) is 5. The number of allylic oxidation sites excluding steroid dienone is 6. The van der Waals surface area contributed by atoms with Crippen molar-refractivity contribution in [2.75, 3.05) is 6.61 Å². The molecule has 0 aliphatic rings. The fourth-order valence-corrected chi connectivity index (χ4v) is 8.67. The number of amides is 1. The van der Waals surface area contributed by atoms with Crippen LogP contribution in [0.15, 0.2) is 36.5 Å². The van der Waals surface area contributed by atoms with Crippen molar-refractivity contribution >= 4 is 5.91 Å². The maximum absolute atomic E-state index is 12.6. The molecule has 0 aromatic carbocycles. The number of aliphatic hydroxyl groups is 4. The van der Waals surface area contributed by atoms with Crippen molar-refractivity contribution in [2.24, 2.45) is 0 Å². The van der Waals surface area contributed by atoms with Crippen LogP contribution >= 0.6 is 0 Å². The lowest BCUT2D eigenvalue weighted by Crippen LogP contribution is -2.53. The Labute approximate surface area is 392 Å². The van der Waals surface area contributed by atoms with Gasteiger partial charge >= 0.3 is 0 Å². The van der Waals surface area contributed by atoms with Crippen molar-refractivity contribution < 1.29 is 25.2 Å². The second-order valence-corrected chi connectivity index (χ2v) is 19.3. The molecule has 5 N–H and O–H groups in total. The second-order valence-electron chi connectivity index (χ2n) is 19.3. The van der Waals surface area contributed by atoms with Crippen LogP contribution in [0.4, 0.5) is 0 Å². The van der Waals surface area contributed by atoms with Crippen molar-refractivity contribution in [3.05, 3.63) is 36.5 Å². The van der Waals surface area contributed by atoms with Crippen molar-refractivity contribution in [3.63, 3.8) is 0 Å².